The molecule has 1 fully saturated rings. The molecule has 9 heteroatoms. The summed E-state index contributed by atoms with van der Waals surface area (Å²) >= 11 is 0. The summed E-state index contributed by atoms with van der Waals surface area (Å²) in [6, 6.07) is 7.05. The SMILES string of the molecule is C#Cc1cccc(-n2cc(NC(C)=O)c(C(N)=O)n2)c1.CN1CCC(O)C1=O. The normalized spacial score (nSPS) is 15.4. The fourth-order valence-corrected chi connectivity index (χ4v) is 2.51. The number of likely N-dealkylation sites (tertiary alicyclic amines) is 1. The Morgan fingerprint density at radius 3 is 2.61 bits per heavy atom. The topological polar surface area (TPSA) is 131 Å². The van der Waals surface area contributed by atoms with Crippen LogP contribution in [0.4, 0.5) is 5.69 Å². The Hall–Kier alpha value is -3.64. The van der Waals surface area contributed by atoms with Gasteiger partial charge in [0.05, 0.1) is 17.6 Å². The zero-order chi connectivity index (χ0) is 20.8. The highest BCUT2D eigenvalue weighted by Gasteiger charge is 2.26. The predicted octanol–water partition coefficient (Wildman–Crippen LogP) is 0.120. The first kappa shape index (κ1) is 20.7. The predicted molar refractivity (Wildman–Crippen MR) is 103 cm³/mol. The molecule has 3 amide bonds. The number of aromatic nitrogens is 2. The number of aliphatic hydroxyl groups is 1. The first-order valence-electron chi connectivity index (χ1n) is 8.40. The third-order valence-corrected chi connectivity index (χ3v) is 3.93. The molecule has 0 radical (unpaired) electrons. The number of likely N-dealkylation sites (N-methyl/N-ethyl adjacent to an activating group) is 1. The molecule has 3 rings (SSSR count). The van der Waals surface area contributed by atoms with Gasteiger partial charge in [-0.3, -0.25) is 14.4 Å². The lowest BCUT2D eigenvalue weighted by Crippen LogP contribution is -2.24. The molecule has 0 aliphatic carbocycles. The van der Waals surface area contributed by atoms with Gasteiger partial charge in [0.2, 0.25) is 5.91 Å². The van der Waals surface area contributed by atoms with Crippen LogP contribution in [0, 0.1) is 12.3 Å². The number of primary amides is 1. The van der Waals surface area contributed by atoms with E-state index in [4.69, 9.17) is 17.3 Å². The molecule has 1 unspecified atom stereocenters. The number of rotatable bonds is 3. The summed E-state index contributed by atoms with van der Waals surface area (Å²) < 4.78 is 1.44. The van der Waals surface area contributed by atoms with Gasteiger partial charge in [-0.2, -0.15) is 5.10 Å². The van der Waals surface area contributed by atoms with Crippen LogP contribution in [0.1, 0.15) is 29.4 Å². The molecule has 4 N–H and O–H groups in total. The van der Waals surface area contributed by atoms with Crippen LogP contribution < -0.4 is 11.1 Å². The third-order valence-electron chi connectivity index (χ3n) is 3.93. The van der Waals surface area contributed by atoms with Gasteiger partial charge in [-0.05, 0) is 24.6 Å². The molecule has 9 nitrogen and oxygen atoms in total. The number of carbonyl (C=O) groups excluding carboxylic acids is 3. The van der Waals surface area contributed by atoms with Crippen molar-refractivity contribution in [2.24, 2.45) is 5.73 Å². The zero-order valence-electron chi connectivity index (χ0n) is 15.5. The van der Waals surface area contributed by atoms with E-state index in [1.807, 2.05) is 0 Å². The summed E-state index contributed by atoms with van der Waals surface area (Å²) in [5.41, 5.74) is 6.84. The maximum Gasteiger partial charge on any atom is 0.271 e. The molecule has 28 heavy (non-hydrogen) atoms. The Morgan fingerprint density at radius 1 is 1.43 bits per heavy atom. The first-order chi connectivity index (χ1) is 13.2. The Balaban J connectivity index is 0.000000292. The molecule has 1 aromatic carbocycles. The standard InChI is InChI=1S/C14H12N4O2.C5H9NO2/c1-3-10-5-4-6-11(7-10)18-8-12(16-9(2)19)13(17-18)14(15)20;1-6-3-2-4(7)5(6)8/h1,4-8H,2H3,(H2,15,20)(H,16,19);4,7H,2-3H2,1H3. The van der Waals surface area contributed by atoms with Crippen molar-refractivity contribution in [2.45, 2.75) is 19.4 Å². The van der Waals surface area contributed by atoms with Gasteiger partial charge in [-0.1, -0.05) is 12.0 Å². The quantitative estimate of drug-likeness (QED) is 0.648. The van der Waals surface area contributed by atoms with Crippen LogP contribution in [0.25, 0.3) is 5.69 Å². The largest absolute Gasteiger partial charge is 0.383 e. The average Bonchev–Trinajstić information content (AvgIpc) is 3.20. The molecule has 2 heterocycles. The number of hydrogen-bond acceptors (Lipinski definition) is 5. The fraction of sp³-hybridized carbons (Fsp3) is 0.263. The van der Waals surface area contributed by atoms with Gasteiger partial charge in [-0.15, -0.1) is 6.42 Å². The van der Waals surface area contributed by atoms with Crippen molar-refractivity contribution >= 4 is 23.4 Å². The maximum absolute atomic E-state index is 11.3. The lowest BCUT2D eigenvalue weighted by Gasteiger charge is -2.04. The van der Waals surface area contributed by atoms with Crippen molar-refractivity contribution in [3.8, 4) is 18.0 Å². The second kappa shape index (κ2) is 8.83. The van der Waals surface area contributed by atoms with Crippen LogP contribution in [-0.4, -0.2) is 57.2 Å². The second-order valence-electron chi connectivity index (χ2n) is 6.14. The molecule has 1 saturated heterocycles. The summed E-state index contributed by atoms with van der Waals surface area (Å²) in [6.07, 6.45) is 6.72. The minimum Gasteiger partial charge on any atom is -0.383 e. The average molecular weight is 383 g/mol. The number of amides is 3. The first-order valence-corrected chi connectivity index (χ1v) is 8.40. The van der Waals surface area contributed by atoms with E-state index in [1.54, 1.807) is 31.3 Å². The van der Waals surface area contributed by atoms with Gasteiger partial charge in [0, 0.05) is 26.1 Å². The van der Waals surface area contributed by atoms with Crippen molar-refractivity contribution in [3.63, 3.8) is 0 Å². The maximum atomic E-state index is 11.3. The van der Waals surface area contributed by atoms with Crippen molar-refractivity contribution in [3.05, 3.63) is 41.7 Å². The van der Waals surface area contributed by atoms with Gasteiger partial charge >= 0.3 is 0 Å². The number of carbonyl (C=O) groups is 3. The Morgan fingerprint density at radius 2 is 2.14 bits per heavy atom. The number of terminal acetylenes is 1. The van der Waals surface area contributed by atoms with Crippen LogP contribution in [0.5, 0.6) is 0 Å². The molecular formula is C19H21N5O4. The summed E-state index contributed by atoms with van der Waals surface area (Å²) in [4.78, 5) is 34.6. The van der Waals surface area contributed by atoms with Crippen molar-refractivity contribution in [2.75, 3.05) is 18.9 Å². The summed E-state index contributed by atoms with van der Waals surface area (Å²) in [5, 5.41) is 15.4. The zero-order valence-corrected chi connectivity index (χ0v) is 15.5. The Labute approximate surface area is 162 Å². The minimum atomic E-state index is -0.722. The fourth-order valence-electron chi connectivity index (χ4n) is 2.51. The minimum absolute atomic E-state index is 0.00805. The number of nitrogens with two attached hydrogens (primary N) is 1. The van der Waals surface area contributed by atoms with Crippen LogP contribution in [0.3, 0.4) is 0 Å². The molecule has 0 saturated carbocycles. The van der Waals surface area contributed by atoms with E-state index in [9.17, 15) is 14.4 Å². The lowest BCUT2D eigenvalue weighted by molar-refractivity contribution is -0.133. The number of hydrogen-bond donors (Lipinski definition) is 3. The number of aliphatic hydroxyl groups excluding tert-OH is 1. The highest BCUT2D eigenvalue weighted by atomic mass is 16.3. The van der Waals surface area contributed by atoms with Crippen LogP contribution in [0.15, 0.2) is 30.5 Å². The molecule has 0 spiro atoms. The number of anilines is 1. The summed E-state index contributed by atoms with van der Waals surface area (Å²) in [7, 11) is 1.69. The molecule has 1 aliphatic heterocycles. The Bertz CT molecular complexity index is 932. The van der Waals surface area contributed by atoms with E-state index in [0.29, 0.717) is 24.2 Å². The van der Waals surface area contributed by atoms with Crippen LogP contribution in [-0.2, 0) is 9.59 Å². The molecular weight excluding hydrogens is 362 g/mol. The molecule has 1 atom stereocenters. The Kier molecular flexibility index (Phi) is 6.52. The van der Waals surface area contributed by atoms with E-state index in [-0.39, 0.29) is 23.2 Å². The van der Waals surface area contributed by atoms with E-state index in [2.05, 4.69) is 16.3 Å². The van der Waals surface area contributed by atoms with Crippen molar-refractivity contribution in [1.29, 1.82) is 0 Å². The van der Waals surface area contributed by atoms with E-state index >= 15 is 0 Å². The summed E-state index contributed by atoms with van der Waals surface area (Å²) in [6.45, 7) is 2.03. The highest BCUT2D eigenvalue weighted by Crippen LogP contribution is 2.17. The molecule has 1 aromatic heterocycles. The third kappa shape index (κ3) is 4.96. The highest BCUT2D eigenvalue weighted by molar-refractivity contribution is 6.01. The summed E-state index contributed by atoms with van der Waals surface area (Å²) in [5.74, 6) is 1.33. The van der Waals surface area contributed by atoms with Crippen LogP contribution in [0.2, 0.25) is 0 Å². The molecule has 1 aliphatic rings. The smallest absolute Gasteiger partial charge is 0.271 e. The number of nitrogens with one attached hydrogen (secondary N) is 1. The van der Waals surface area contributed by atoms with Gasteiger partial charge < -0.3 is 21.1 Å². The van der Waals surface area contributed by atoms with Gasteiger partial charge in [0.1, 0.15) is 6.10 Å². The van der Waals surface area contributed by atoms with Gasteiger partial charge in [0.25, 0.3) is 11.8 Å². The van der Waals surface area contributed by atoms with E-state index < -0.39 is 12.0 Å². The number of nitrogens with zero attached hydrogens (tertiary/aromatic N) is 3. The van der Waals surface area contributed by atoms with E-state index in [1.165, 1.54) is 22.7 Å². The van der Waals surface area contributed by atoms with Crippen molar-refractivity contribution in [1.82, 2.24) is 14.7 Å². The molecule has 0 bridgehead atoms. The number of benzene rings is 1. The monoisotopic (exact) mass is 383 g/mol. The van der Waals surface area contributed by atoms with E-state index in [0.717, 1.165) is 0 Å². The van der Waals surface area contributed by atoms with Crippen LogP contribution >= 0.6 is 0 Å². The van der Waals surface area contributed by atoms with Gasteiger partial charge in [-0.25, -0.2) is 4.68 Å². The van der Waals surface area contributed by atoms with Crippen molar-refractivity contribution < 1.29 is 19.5 Å². The lowest BCUT2D eigenvalue weighted by atomic mass is 10.2. The molecule has 146 valence electrons. The second-order valence-corrected chi connectivity index (χ2v) is 6.14. The molecule has 2 aromatic rings. The van der Waals surface area contributed by atoms with Gasteiger partial charge in [0.15, 0.2) is 5.69 Å².